The topological polar surface area (TPSA) is 79.2 Å². The molecule has 0 fully saturated rings. The standard InChI is InChI=1S/C11H9ClN2O3/c12-9-5-8(6-15)1-2-10(9)17-7-11(16)14-4-3-13/h1-2,5-6H,4,7H2,(H,14,16). The van der Waals surface area contributed by atoms with Crippen LogP contribution in [0.3, 0.4) is 0 Å². The highest BCUT2D eigenvalue weighted by atomic mass is 35.5. The molecule has 1 N–H and O–H groups in total. The van der Waals surface area contributed by atoms with Gasteiger partial charge in [0.15, 0.2) is 6.61 Å². The molecule has 0 aliphatic rings. The molecule has 0 bridgehead atoms. The van der Waals surface area contributed by atoms with E-state index in [0.29, 0.717) is 17.6 Å². The molecule has 0 spiro atoms. The molecular formula is C11H9ClN2O3. The van der Waals surface area contributed by atoms with Gasteiger partial charge in [-0.1, -0.05) is 11.6 Å². The van der Waals surface area contributed by atoms with E-state index >= 15 is 0 Å². The minimum absolute atomic E-state index is 0.0694. The van der Waals surface area contributed by atoms with E-state index in [4.69, 9.17) is 21.6 Å². The van der Waals surface area contributed by atoms with Crippen LogP contribution in [0.1, 0.15) is 10.4 Å². The highest BCUT2D eigenvalue weighted by molar-refractivity contribution is 6.32. The lowest BCUT2D eigenvalue weighted by molar-refractivity contribution is -0.122. The first kappa shape index (κ1) is 13.0. The van der Waals surface area contributed by atoms with Crippen molar-refractivity contribution in [2.75, 3.05) is 13.2 Å². The van der Waals surface area contributed by atoms with Crippen molar-refractivity contribution in [2.24, 2.45) is 0 Å². The number of benzene rings is 1. The maximum atomic E-state index is 11.1. The highest BCUT2D eigenvalue weighted by Crippen LogP contribution is 2.24. The first-order valence-corrected chi connectivity index (χ1v) is 5.06. The molecule has 0 unspecified atom stereocenters. The number of nitriles is 1. The van der Waals surface area contributed by atoms with Gasteiger partial charge in [0.1, 0.15) is 18.6 Å². The average molecular weight is 253 g/mol. The summed E-state index contributed by atoms with van der Waals surface area (Å²) in [5, 5.41) is 10.8. The first-order valence-electron chi connectivity index (χ1n) is 4.68. The van der Waals surface area contributed by atoms with E-state index in [9.17, 15) is 9.59 Å². The molecule has 17 heavy (non-hydrogen) atoms. The van der Waals surface area contributed by atoms with E-state index in [0.717, 1.165) is 0 Å². The van der Waals surface area contributed by atoms with Crippen LogP contribution in [0.4, 0.5) is 0 Å². The van der Waals surface area contributed by atoms with Crippen molar-refractivity contribution < 1.29 is 14.3 Å². The number of carbonyl (C=O) groups is 2. The van der Waals surface area contributed by atoms with Crippen molar-refractivity contribution in [1.82, 2.24) is 5.32 Å². The van der Waals surface area contributed by atoms with Gasteiger partial charge in [-0.25, -0.2) is 0 Å². The lowest BCUT2D eigenvalue weighted by Crippen LogP contribution is -2.29. The van der Waals surface area contributed by atoms with Gasteiger partial charge in [0.05, 0.1) is 11.1 Å². The zero-order valence-electron chi connectivity index (χ0n) is 8.77. The molecule has 88 valence electrons. The van der Waals surface area contributed by atoms with Crippen molar-refractivity contribution in [3.05, 3.63) is 28.8 Å². The summed E-state index contributed by atoms with van der Waals surface area (Å²) >= 11 is 5.83. The Bertz CT molecular complexity index is 468. The zero-order chi connectivity index (χ0) is 12.7. The fraction of sp³-hybridized carbons (Fsp3) is 0.182. The second-order valence-corrected chi connectivity index (χ2v) is 3.44. The quantitative estimate of drug-likeness (QED) is 0.630. The molecule has 0 aliphatic heterocycles. The number of amides is 1. The van der Waals surface area contributed by atoms with Crippen LogP contribution in [0.15, 0.2) is 18.2 Å². The fourth-order valence-corrected chi connectivity index (χ4v) is 1.28. The molecule has 6 heteroatoms. The van der Waals surface area contributed by atoms with Crippen molar-refractivity contribution >= 4 is 23.8 Å². The Kier molecular flexibility index (Phi) is 4.98. The molecule has 0 atom stereocenters. The van der Waals surface area contributed by atoms with E-state index in [2.05, 4.69) is 5.32 Å². The summed E-state index contributed by atoms with van der Waals surface area (Å²) in [5.41, 5.74) is 0.427. The normalized spacial score (nSPS) is 9.18. The summed E-state index contributed by atoms with van der Waals surface area (Å²) in [7, 11) is 0. The highest BCUT2D eigenvalue weighted by Gasteiger charge is 2.06. The maximum Gasteiger partial charge on any atom is 0.258 e. The SMILES string of the molecule is N#CCNC(=O)COc1ccc(C=O)cc1Cl. The largest absolute Gasteiger partial charge is 0.482 e. The first-order chi connectivity index (χ1) is 8.17. The Labute approximate surface area is 103 Å². The van der Waals surface area contributed by atoms with Gasteiger partial charge in [-0.15, -0.1) is 0 Å². The number of hydrogen-bond donors (Lipinski definition) is 1. The van der Waals surface area contributed by atoms with E-state index in [1.807, 2.05) is 0 Å². The Balaban J connectivity index is 2.55. The van der Waals surface area contributed by atoms with Crippen LogP contribution in [0, 0.1) is 11.3 Å². The minimum Gasteiger partial charge on any atom is -0.482 e. The number of nitrogens with one attached hydrogen (secondary N) is 1. The van der Waals surface area contributed by atoms with Gasteiger partial charge in [-0.2, -0.15) is 5.26 Å². The van der Waals surface area contributed by atoms with Crippen LogP contribution in [0.5, 0.6) is 5.75 Å². The molecule has 0 radical (unpaired) electrons. The van der Waals surface area contributed by atoms with Crippen LogP contribution < -0.4 is 10.1 Å². The van der Waals surface area contributed by atoms with Gasteiger partial charge >= 0.3 is 0 Å². The second kappa shape index (κ2) is 6.51. The average Bonchev–Trinajstić information content (AvgIpc) is 2.34. The summed E-state index contributed by atoms with van der Waals surface area (Å²) in [5.74, 6) is -0.105. The third-order valence-corrected chi connectivity index (χ3v) is 2.11. The molecule has 0 saturated heterocycles. The van der Waals surface area contributed by atoms with E-state index < -0.39 is 5.91 Å². The van der Waals surface area contributed by atoms with Crippen LogP contribution in [0.25, 0.3) is 0 Å². The molecule has 0 aromatic heterocycles. The molecule has 5 nitrogen and oxygen atoms in total. The minimum atomic E-state index is -0.415. The molecule has 1 aromatic rings. The number of ether oxygens (including phenoxy) is 1. The Morgan fingerprint density at radius 2 is 2.35 bits per heavy atom. The summed E-state index contributed by atoms with van der Waals surface area (Å²) in [4.78, 5) is 21.6. The number of hydrogen-bond acceptors (Lipinski definition) is 4. The summed E-state index contributed by atoms with van der Waals surface area (Å²) in [6.07, 6.45) is 0.662. The maximum absolute atomic E-state index is 11.1. The van der Waals surface area contributed by atoms with Gasteiger partial charge in [-0.3, -0.25) is 9.59 Å². The predicted octanol–water partition coefficient (Wildman–Crippen LogP) is 1.17. The lowest BCUT2D eigenvalue weighted by atomic mass is 10.2. The third kappa shape index (κ3) is 4.13. The van der Waals surface area contributed by atoms with E-state index in [-0.39, 0.29) is 18.2 Å². The van der Waals surface area contributed by atoms with Crippen molar-refractivity contribution in [1.29, 1.82) is 5.26 Å². The molecule has 1 amide bonds. The van der Waals surface area contributed by atoms with Gasteiger partial charge in [0.25, 0.3) is 5.91 Å². The molecule has 1 aromatic carbocycles. The fourth-order valence-electron chi connectivity index (χ4n) is 1.04. The number of rotatable bonds is 5. The summed E-state index contributed by atoms with van der Waals surface area (Å²) in [6.45, 7) is -0.304. The third-order valence-electron chi connectivity index (χ3n) is 1.82. The van der Waals surface area contributed by atoms with Crippen LogP contribution >= 0.6 is 11.6 Å². The summed E-state index contributed by atoms with van der Waals surface area (Å²) < 4.78 is 5.13. The molecule has 0 aliphatic carbocycles. The summed E-state index contributed by atoms with van der Waals surface area (Å²) in [6, 6.07) is 6.25. The second-order valence-electron chi connectivity index (χ2n) is 3.03. The van der Waals surface area contributed by atoms with Gasteiger partial charge < -0.3 is 10.1 Å². The van der Waals surface area contributed by atoms with Gasteiger partial charge in [0.2, 0.25) is 0 Å². The van der Waals surface area contributed by atoms with Crippen LogP contribution in [0.2, 0.25) is 5.02 Å². The van der Waals surface area contributed by atoms with Crippen molar-refractivity contribution in [3.8, 4) is 11.8 Å². The van der Waals surface area contributed by atoms with Gasteiger partial charge in [-0.05, 0) is 18.2 Å². The number of carbonyl (C=O) groups excluding carboxylic acids is 2. The predicted molar refractivity (Wildman–Crippen MR) is 61.0 cm³/mol. The van der Waals surface area contributed by atoms with Crippen molar-refractivity contribution in [3.63, 3.8) is 0 Å². The Morgan fingerprint density at radius 3 is 2.94 bits per heavy atom. The molecule has 1 rings (SSSR count). The molecule has 0 heterocycles. The van der Waals surface area contributed by atoms with Gasteiger partial charge in [0, 0.05) is 5.56 Å². The Morgan fingerprint density at radius 1 is 1.59 bits per heavy atom. The number of aldehydes is 1. The monoisotopic (exact) mass is 252 g/mol. The number of nitrogens with zero attached hydrogens (tertiary/aromatic N) is 1. The van der Waals surface area contributed by atoms with Crippen molar-refractivity contribution in [2.45, 2.75) is 0 Å². The Hall–Kier alpha value is -2.06. The van der Waals surface area contributed by atoms with E-state index in [1.54, 1.807) is 6.07 Å². The van der Waals surface area contributed by atoms with Crippen LogP contribution in [-0.4, -0.2) is 25.3 Å². The lowest BCUT2D eigenvalue weighted by Gasteiger charge is -2.07. The van der Waals surface area contributed by atoms with E-state index in [1.165, 1.54) is 18.2 Å². The van der Waals surface area contributed by atoms with Crippen LogP contribution in [-0.2, 0) is 4.79 Å². The number of halogens is 1. The smallest absolute Gasteiger partial charge is 0.258 e. The molecular weight excluding hydrogens is 244 g/mol. The molecule has 0 saturated carbocycles. The zero-order valence-corrected chi connectivity index (χ0v) is 9.53.